The van der Waals surface area contributed by atoms with Crippen molar-refractivity contribution in [1.29, 1.82) is 0 Å². The molecule has 3 aromatic rings. The number of hydrogen-bond acceptors (Lipinski definition) is 3. The number of hydrogen-bond donors (Lipinski definition) is 2. The van der Waals surface area contributed by atoms with Gasteiger partial charge in [0, 0.05) is 6.54 Å². The molecule has 0 spiro atoms. The fourth-order valence-corrected chi connectivity index (χ4v) is 4.22. The van der Waals surface area contributed by atoms with Crippen LogP contribution in [0.15, 0.2) is 77.7 Å². The Morgan fingerprint density at radius 1 is 0.846 bits per heavy atom. The quantitative estimate of drug-likeness (QED) is 0.745. The van der Waals surface area contributed by atoms with E-state index in [4.69, 9.17) is 0 Å². The van der Waals surface area contributed by atoms with E-state index < -0.39 is 10.0 Å². The van der Waals surface area contributed by atoms with Crippen molar-refractivity contribution in [3.05, 3.63) is 83.9 Å². The highest BCUT2D eigenvalue weighted by Gasteiger charge is 2.28. The van der Waals surface area contributed by atoms with Crippen LogP contribution in [0.1, 0.15) is 15.9 Å². The summed E-state index contributed by atoms with van der Waals surface area (Å²) in [4.78, 5) is 12.5. The second-order valence-electron chi connectivity index (χ2n) is 5.98. The molecule has 2 N–H and O–H groups in total. The van der Waals surface area contributed by atoms with Gasteiger partial charge in [-0.05, 0) is 34.9 Å². The van der Waals surface area contributed by atoms with E-state index >= 15 is 0 Å². The average molecular weight is 364 g/mol. The molecule has 0 aromatic heterocycles. The van der Waals surface area contributed by atoms with E-state index in [1.165, 1.54) is 12.1 Å². The number of sulfonamides is 1. The molecule has 0 atom stereocenters. The molecule has 0 unspecified atom stereocenters. The molecule has 5 nitrogen and oxygen atoms in total. The van der Waals surface area contributed by atoms with Crippen molar-refractivity contribution < 1.29 is 13.2 Å². The Morgan fingerprint density at radius 2 is 1.50 bits per heavy atom. The summed E-state index contributed by atoms with van der Waals surface area (Å²) in [6, 6.07) is 21.3. The summed E-state index contributed by atoms with van der Waals surface area (Å²) in [5.74, 6) is -0.274. The Bertz CT molecular complexity index is 1080. The predicted octanol–water partition coefficient (Wildman–Crippen LogP) is 3.40. The SMILES string of the molecule is O=C1NCc2c(-c3ccccc3)ccc(NS(=O)(=O)c3ccccc3)c21. The van der Waals surface area contributed by atoms with Crippen LogP contribution in [0.25, 0.3) is 11.1 Å². The average Bonchev–Trinajstić information content (AvgIpc) is 3.06. The first-order valence-corrected chi connectivity index (χ1v) is 9.62. The normalized spacial score (nSPS) is 13.2. The van der Waals surface area contributed by atoms with E-state index in [-0.39, 0.29) is 10.8 Å². The maximum absolute atomic E-state index is 12.6. The van der Waals surface area contributed by atoms with Crippen LogP contribution in [-0.4, -0.2) is 14.3 Å². The van der Waals surface area contributed by atoms with Crippen molar-refractivity contribution in [2.24, 2.45) is 0 Å². The molecule has 0 saturated heterocycles. The van der Waals surface area contributed by atoms with Gasteiger partial charge in [0.15, 0.2) is 0 Å². The molecular weight excluding hydrogens is 348 g/mol. The maximum atomic E-state index is 12.6. The minimum absolute atomic E-state index is 0.152. The molecule has 6 heteroatoms. The number of carbonyl (C=O) groups is 1. The summed E-state index contributed by atoms with van der Waals surface area (Å²) in [5, 5.41) is 2.79. The van der Waals surface area contributed by atoms with Crippen LogP contribution in [0, 0.1) is 0 Å². The van der Waals surface area contributed by atoms with Gasteiger partial charge in [-0.1, -0.05) is 54.6 Å². The van der Waals surface area contributed by atoms with Gasteiger partial charge in [0.25, 0.3) is 15.9 Å². The van der Waals surface area contributed by atoms with Gasteiger partial charge in [-0.15, -0.1) is 0 Å². The molecule has 0 bridgehead atoms. The summed E-state index contributed by atoms with van der Waals surface area (Å²) in [5.41, 5.74) is 3.37. The van der Waals surface area contributed by atoms with Crippen LogP contribution in [0.2, 0.25) is 0 Å². The van der Waals surface area contributed by atoms with E-state index in [0.717, 1.165) is 16.7 Å². The molecule has 1 heterocycles. The third-order valence-corrected chi connectivity index (χ3v) is 5.73. The number of anilines is 1. The lowest BCUT2D eigenvalue weighted by Crippen LogP contribution is -2.17. The Balaban J connectivity index is 1.80. The van der Waals surface area contributed by atoms with Crippen LogP contribution in [0.5, 0.6) is 0 Å². The van der Waals surface area contributed by atoms with Crippen LogP contribution >= 0.6 is 0 Å². The number of amides is 1. The standard InChI is InChI=1S/C20H16N2O3S/c23-20-19-17(13-21-20)16(14-7-3-1-4-8-14)11-12-18(19)22-26(24,25)15-9-5-2-6-10-15/h1-12,22H,13H2,(H,21,23). The Labute approximate surface area is 151 Å². The summed E-state index contributed by atoms with van der Waals surface area (Å²) in [6.07, 6.45) is 0. The number of nitrogens with one attached hydrogen (secondary N) is 2. The zero-order valence-electron chi connectivity index (χ0n) is 13.8. The van der Waals surface area contributed by atoms with E-state index in [9.17, 15) is 13.2 Å². The highest BCUT2D eigenvalue weighted by Crippen LogP contribution is 2.34. The molecule has 1 aliphatic heterocycles. The van der Waals surface area contributed by atoms with Gasteiger partial charge >= 0.3 is 0 Å². The van der Waals surface area contributed by atoms with Gasteiger partial charge in [-0.25, -0.2) is 8.42 Å². The topological polar surface area (TPSA) is 75.3 Å². The van der Waals surface area contributed by atoms with Crippen molar-refractivity contribution in [2.45, 2.75) is 11.4 Å². The summed E-state index contributed by atoms with van der Waals surface area (Å²) in [6.45, 7) is 0.374. The van der Waals surface area contributed by atoms with E-state index in [1.54, 1.807) is 24.3 Å². The fraction of sp³-hybridized carbons (Fsp3) is 0.0500. The van der Waals surface area contributed by atoms with Gasteiger partial charge in [-0.3, -0.25) is 9.52 Å². The lowest BCUT2D eigenvalue weighted by atomic mass is 9.96. The Kier molecular flexibility index (Phi) is 3.97. The molecule has 130 valence electrons. The second-order valence-corrected chi connectivity index (χ2v) is 7.66. The summed E-state index contributed by atoms with van der Waals surface area (Å²) >= 11 is 0. The second kappa shape index (κ2) is 6.31. The lowest BCUT2D eigenvalue weighted by molar-refractivity contribution is 0.0966. The minimum Gasteiger partial charge on any atom is -0.348 e. The molecule has 1 aliphatic rings. The third-order valence-electron chi connectivity index (χ3n) is 4.35. The molecule has 0 aliphatic carbocycles. The van der Waals surface area contributed by atoms with Crippen LogP contribution < -0.4 is 10.0 Å². The molecular formula is C20H16N2O3S. The van der Waals surface area contributed by atoms with Crippen molar-refractivity contribution in [3.8, 4) is 11.1 Å². The van der Waals surface area contributed by atoms with E-state index in [0.29, 0.717) is 17.8 Å². The van der Waals surface area contributed by atoms with Crippen molar-refractivity contribution in [1.82, 2.24) is 5.32 Å². The lowest BCUT2D eigenvalue weighted by Gasteiger charge is -2.14. The van der Waals surface area contributed by atoms with Gasteiger partial charge in [0.1, 0.15) is 0 Å². The van der Waals surface area contributed by atoms with Gasteiger partial charge in [0.2, 0.25) is 0 Å². The first-order chi connectivity index (χ1) is 12.6. The van der Waals surface area contributed by atoms with Crippen LogP contribution in [0.4, 0.5) is 5.69 Å². The Hall–Kier alpha value is -3.12. The number of benzene rings is 3. The number of rotatable bonds is 4. The van der Waals surface area contributed by atoms with E-state index in [2.05, 4.69) is 10.0 Å². The van der Waals surface area contributed by atoms with Crippen LogP contribution in [-0.2, 0) is 16.6 Å². The molecule has 1 amide bonds. The fourth-order valence-electron chi connectivity index (χ4n) is 3.12. The first kappa shape index (κ1) is 16.4. The van der Waals surface area contributed by atoms with Gasteiger partial charge < -0.3 is 5.32 Å². The summed E-state index contributed by atoms with van der Waals surface area (Å²) in [7, 11) is -3.77. The summed E-state index contributed by atoms with van der Waals surface area (Å²) < 4.78 is 27.8. The molecule has 26 heavy (non-hydrogen) atoms. The van der Waals surface area contributed by atoms with Crippen LogP contribution in [0.3, 0.4) is 0 Å². The monoisotopic (exact) mass is 364 g/mol. The van der Waals surface area contributed by atoms with Gasteiger partial charge in [-0.2, -0.15) is 0 Å². The highest BCUT2D eigenvalue weighted by atomic mass is 32.2. The minimum atomic E-state index is -3.77. The smallest absolute Gasteiger partial charge is 0.261 e. The Morgan fingerprint density at radius 3 is 2.19 bits per heavy atom. The molecule has 3 aromatic carbocycles. The first-order valence-electron chi connectivity index (χ1n) is 8.13. The molecule has 0 fully saturated rings. The highest BCUT2D eigenvalue weighted by molar-refractivity contribution is 7.92. The maximum Gasteiger partial charge on any atom is 0.261 e. The molecule has 0 saturated carbocycles. The zero-order valence-corrected chi connectivity index (χ0v) is 14.6. The molecule has 0 radical (unpaired) electrons. The van der Waals surface area contributed by atoms with Crippen molar-refractivity contribution in [2.75, 3.05) is 4.72 Å². The number of carbonyl (C=O) groups excluding carboxylic acids is 1. The zero-order chi connectivity index (χ0) is 18.1. The predicted molar refractivity (Wildman–Crippen MR) is 100 cm³/mol. The largest absolute Gasteiger partial charge is 0.348 e. The number of fused-ring (bicyclic) bond motifs is 1. The van der Waals surface area contributed by atoms with E-state index in [1.807, 2.05) is 36.4 Å². The molecule has 4 rings (SSSR count). The third kappa shape index (κ3) is 2.84. The van der Waals surface area contributed by atoms with Gasteiger partial charge in [0.05, 0.1) is 16.1 Å². The van der Waals surface area contributed by atoms with Crippen molar-refractivity contribution >= 4 is 21.6 Å². The van der Waals surface area contributed by atoms with Crippen molar-refractivity contribution in [3.63, 3.8) is 0 Å².